The summed E-state index contributed by atoms with van der Waals surface area (Å²) in [5.41, 5.74) is 6.38. The van der Waals surface area contributed by atoms with E-state index in [1.54, 1.807) is 0 Å². The van der Waals surface area contributed by atoms with Crippen LogP contribution in [-0.2, 0) is 6.42 Å². The Labute approximate surface area is 166 Å². The lowest BCUT2D eigenvalue weighted by Crippen LogP contribution is -2.11. The van der Waals surface area contributed by atoms with Crippen molar-refractivity contribution >= 4 is 21.7 Å². The van der Waals surface area contributed by atoms with Crippen molar-refractivity contribution in [2.24, 2.45) is 0 Å². The molecule has 28 heavy (non-hydrogen) atoms. The molecule has 1 aliphatic carbocycles. The molecule has 1 heterocycles. The number of ether oxygens (including phenoxy) is 1. The summed E-state index contributed by atoms with van der Waals surface area (Å²) >= 11 is 0. The highest BCUT2D eigenvalue weighted by atomic mass is 16.5. The SMILES string of the molecule is CCOc1ccc(-c2nc3ccc4ccccc4c3c3c2CCCC3C)cc1. The summed E-state index contributed by atoms with van der Waals surface area (Å²) in [5.74, 6) is 1.47. The van der Waals surface area contributed by atoms with Crippen molar-refractivity contribution in [3.05, 3.63) is 71.8 Å². The van der Waals surface area contributed by atoms with Crippen molar-refractivity contribution in [2.45, 2.75) is 39.0 Å². The van der Waals surface area contributed by atoms with Crippen LogP contribution in [0, 0.1) is 0 Å². The summed E-state index contributed by atoms with van der Waals surface area (Å²) in [6, 6.07) is 21.5. The minimum absolute atomic E-state index is 0.557. The lowest BCUT2D eigenvalue weighted by Gasteiger charge is -2.27. The average molecular weight is 367 g/mol. The number of fused-ring (bicyclic) bond motifs is 5. The quantitative estimate of drug-likeness (QED) is 0.368. The normalized spacial score (nSPS) is 16.3. The van der Waals surface area contributed by atoms with Crippen molar-refractivity contribution < 1.29 is 4.74 Å². The van der Waals surface area contributed by atoms with Crippen molar-refractivity contribution in [3.8, 4) is 17.0 Å². The highest BCUT2D eigenvalue weighted by Crippen LogP contribution is 2.42. The molecule has 2 nitrogen and oxygen atoms in total. The predicted octanol–water partition coefficient (Wildman–Crippen LogP) is 6.89. The van der Waals surface area contributed by atoms with E-state index in [0.29, 0.717) is 12.5 Å². The van der Waals surface area contributed by atoms with E-state index in [-0.39, 0.29) is 0 Å². The van der Waals surface area contributed by atoms with Crippen LogP contribution in [-0.4, -0.2) is 11.6 Å². The molecule has 0 saturated heterocycles. The molecule has 1 atom stereocenters. The third-order valence-corrected chi connectivity index (χ3v) is 6.02. The molecule has 1 aromatic heterocycles. The second-order valence-electron chi connectivity index (χ2n) is 7.78. The molecule has 140 valence electrons. The highest BCUT2D eigenvalue weighted by Gasteiger charge is 2.25. The largest absolute Gasteiger partial charge is 0.494 e. The van der Waals surface area contributed by atoms with Gasteiger partial charge in [0.15, 0.2) is 0 Å². The molecule has 3 aromatic carbocycles. The summed E-state index contributed by atoms with van der Waals surface area (Å²) in [7, 11) is 0. The summed E-state index contributed by atoms with van der Waals surface area (Å²) < 4.78 is 5.62. The van der Waals surface area contributed by atoms with Gasteiger partial charge in [-0.05, 0) is 84.3 Å². The van der Waals surface area contributed by atoms with Gasteiger partial charge in [-0.3, -0.25) is 0 Å². The third kappa shape index (κ3) is 2.75. The van der Waals surface area contributed by atoms with E-state index < -0.39 is 0 Å². The molecule has 0 aliphatic heterocycles. The van der Waals surface area contributed by atoms with Gasteiger partial charge in [-0.25, -0.2) is 4.98 Å². The number of pyridine rings is 1. The molecule has 4 aromatic rings. The minimum Gasteiger partial charge on any atom is -0.494 e. The number of nitrogens with zero attached hydrogens (tertiary/aromatic N) is 1. The molecule has 0 bridgehead atoms. The van der Waals surface area contributed by atoms with Crippen LogP contribution in [0.1, 0.15) is 43.7 Å². The van der Waals surface area contributed by atoms with Gasteiger partial charge in [0.1, 0.15) is 5.75 Å². The second kappa shape index (κ2) is 6.94. The first-order valence-corrected chi connectivity index (χ1v) is 10.3. The zero-order valence-corrected chi connectivity index (χ0v) is 16.5. The molecule has 0 radical (unpaired) electrons. The molecule has 5 rings (SSSR count). The Morgan fingerprint density at radius 3 is 2.64 bits per heavy atom. The molecular weight excluding hydrogens is 342 g/mol. The third-order valence-electron chi connectivity index (χ3n) is 6.02. The Bertz CT molecular complexity index is 1160. The van der Waals surface area contributed by atoms with Gasteiger partial charge in [0.25, 0.3) is 0 Å². The van der Waals surface area contributed by atoms with E-state index in [4.69, 9.17) is 9.72 Å². The maximum absolute atomic E-state index is 5.62. The van der Waals surface area contributed by atoms with Crippen molar-refractivity contribution in [3.63, 3.8) is 0 Å². The van der Waals surface area contributed by atoms with Gasteiger partial charge in [0.2, 0.25) is 0 Å². The van der Waals surface area contributed by atoms with Crippen LogP contribution in [0.5, 0.6) is 5.75 Å². The van der Waals surface area contributed by atoms with Gasteiger partial charge in [-0.2, -0.15) is 0 Å². The number of rotatable bonds is 3. The van der Waals surface area contributed by atoms with Crippen LogP contribution in [0.4, 0.5) is 0 Å². The van der Waals surface area contributed by atoms with Gasteiger partial charge in [0.05, 0.1) is 17.8 Å². The first kappa shape index (κ1) is 17.2. The summed E-state index contributed by atoms with van der Waals surface area (Å²) in [4.78, 5) is 5.18. The van der Waals surface area contributed by atoms with E-state index >= 15 is 0 Å². The van der Waals surface area contributed by atoms with E-state index in [2.05, 4.69) is 67.6 Å². The molecule has 1 aliphatic rings. The highest BCUT2D eigenvalue weighted by molar-refractivity contribution is 6.09. The fraction of sp³-hybridized carbons (Fsp3) is 0.269. The van der Waals surface area contributed by atoms with E-state index in [9.17, 15) is 0 Å². The maximum atomic E-state index is 5.62. The summed E-state index contributed by atoms with van der Waals surface area (Å²) in [5, 5.41) is 3.98. The Morgan fingerprint density at radius 1 is 1.00 bits per heavy atom. The van der Waals surface area contributed by atoms with E-state index in [1.807, 2.05) is 6.92 Å². The van der Waals surface area contributed by atoms with Crippen LogP contribution in [0.25, 0.3) is 32.9 Å². The van der Waals surface area contributed by atoms with E-state index in [1.165, 1.54) is 45.7 Å². The monoisotopic (exact) mass is 367 g/mol. The minimum atomic E-state index is 0.557. The van der Waals surface area contributed by atoms with Crippen molar-refractivity contribution in [2.75, 3.05) is 6.61 Å². The Hall–Kier alpha value is -2.87. The predicted molar refractivity (Wildman–Crippen MR) is 117 cm³/mol. The zero-order valence-electron chi connectivity index (χ0n) is 16.5. The summed E-state index contributed by atoms with van der Waals surface area (Å²) in [6.07, 6.45) is 3.59. The van der Waals surface area contributed by atoms with Gasteiger partial charge in [-0.15, -0.1) is 0 Å². The van der Waals surface area contributed by atoms with Crippen molar-refractivity contribution in [1.82, 2.24) is 4.98 Å². The van der Waals surface area contributed by atoms with Gasteiger partial charge in [-0.1, -0.05) is 37.3 Å². The number of benzene rings is 3. The van der Waals surface area contributed by atoms with E-state index in [0.717, 1.165) is 23.4 Å². The van der Waals surface area contributed by atoms with Crippen LogP contribution in [0.2, 0.25) is 0 Å². The molecule has 2 heteroatoms. The fourth-order valence-electron chi connectivity index (χ4n) is 4.74. The Kier molecular flexibility index (Phi) is 4.27. The Morgan fingerprint density at radius 2 is 1.82 bits per heavy atom. The molecular formula is C26H25NO. The van der Waals surface area contributed by atoms with Crippen molar-refractivity contribution in [1.29, 1.82) is 0 Å². The molecule has 0 spiro atoms. The zero-order chi connectivity index (χ0) is 19.1. The van der Waals surface area contributed by atoms with Crippen LogP contribution >= 0.6 is 0 Å². The molecule has 1 unspecified atom stereocenters. The number of hydrogen-bond acceptors (Lipinski definition) is 2. The van der Waals surface area contributed by atoms with Crippen LogP contribution in [0.15, 0.2) is 60.7 Å². The second-order valence-corrected chi connectivity index (χ2v) is 7.78. The average Bonchev–Trinajstić information content (AvgIpc) is 2.74. The lowest BCUT2D eigenvalue weighted by molar-refractivity contribution is 0.340. The molecule has 0 saturated carbocycles. The number of hydrogen-bond donors (Lipinski definition) is 0. The van der Waals surface area contributed by atoms with Crippen LogP contribution in [0.3, 0.4) is 0 Å². The van der Waals surface area contributed by atoms with Gasteiger partial charge >= 0.3 is 0 Å². The smallest absolute Gasteiger partial charge is 0.119 e. The number of aromatic nitrogens is 1. The molecule has 0 amide bonds. The van der Waals surface area contributed by atoms with Gasteiger partial charge in [0, 0.05) is 10.9 Å². The molecule has 0 fully saturated rings. The summed E-state index contributed by atoms with van der Waals surface area (Å²) in [6.45, 7) is 5.08. The first-order valence-electron chi connectivity index (χ1n) is 10.3. The molecule has 0 N–H and O–H groups in total. The Balaban J connectivity index is 1.80. The van der Waals surface area contributed by atoms with Gasteiger partial charge < -0.3 is 4.74 Å². The fourth-order valence-corrected chi connectivity index (χ4v) is 4.74. The first-order chi connectivity index (χ1) is 13.8. The van der Waals surface area contributed by atoms with Crippen LogP contribution < -0.4 is 4.74 Å². The lowest BCUT2D eigenvalue weighted by atomic mass is 9.79. The maximum Gasteiger partial charge on any atom is 0.119 e. The topological polar surface area (TPSA) is 22.1 Å². The standard InChI is InChI=1S/C26H25NO/c1-3-28-20-14-11-19(12-15-20)26-22-10-6-7-17(2)24(22)25-21-9-5-4-8-18(21)13-16-23(25)27-26/h4-5,8-9,11-17H,3,6-7,10H2,1-2H3.